The third-order valence-electron chi connectivity index (χ3n) is 5.09. The van der Waals surface area contributed by atoms with Crippen molar-refractivity contribution in [3.63, 3.8) is 0 Å². The highest BCUT2D eigenvalue weighted by atomic mass is 31.1. The van der Waals surface area contributed by atoms with Gasteiger partial charge in [0, 0.05) is 10.6 Å². The molecular weight excluding hydrogens is 598 g/mol. The average molecular weight is 610 g/mol. The summed E-state index contributed by atoms with van der Waals surface area (Å²) in [5.74, 6) is 42.2. The van der Waals surface area contributed by atoms with Gasteiger partial charge in [-0.2, -0.15) is 0 Å². The monoisotopic (exact) mass is 610 g/mol. The molecule has 0 saturated heterocycles. The van der Waals surface area contributed by atoms with Gasteiger partial charge in [-0.25, -0.2) is 0 Å². The van der Waals surface area contributed by atoms with Crippen LogP contribution in [0, 0.1) is 143 Å². The molecule has 2 aliphatic rings. The second-order valence-corrected chi connectivity index (χ2v) is 10.8. The van der Waals surface area contributed by atoms with Gasteiger partial charge in [-0.15, -0.1) is 25.7 Å². The molecular formula is C38H12O5P2. The zero-order valence-electron chi connectivity index (χ0n) is 23.0. The highest BCUT2D eigenvalue weighted by Gasteiger charge is 2.31. The van der Waals surface area contributed by atoms with Gasteiger partial charge < -0.3 is 23.7 Å². The molecule has 4 rings (SSSR count). The van der Waals surface area contributed by atoms with E-state index in [4.69, 9.17) is 49.4 Å². The average Bonchev–Trinajstić information content (AvgIpc) is 3.74. The molecule has 0 bridgehead atoms. The summed E-state index contributed by atoms with van der Waals surface area (Å²) in [4.78, 5) is 0. The van der Waals surface area contributed by atoms with E-state index in [0.717, 1.165) is 0 Å². The van der Waals surface area contributed by atoms with E-state index in [2.05, 4.69) is 117 Å². The summed E-state index contributed by atoms with van der Waals surface area (Å²) in [7, 11) is -3.19. The Labute approximate surface area is 265 Å². The molecule has 204 valence electrons. The Morgan fingerprint density at radius 3 is 1.16 bits per heavy atom. The third-order valence-corrected chi connectivity index (χ3v) is 8.10. The molecule has 2 aromatic rings. The largest absolute Gasteiger partial charge is 0.453 e. The number of fused-ring (bicyclic) bond motifs is 2. The van der Waals surface area contributed by atoms with Crippen molar-refractivity contribution in [2.24, 2.45) is 0 Å². The van der Waals surface area contributed by atoms with Gasteiger partial charge in [0.05, 0.1) is 15.8 Å². The number of ether oxygens (including phenoxy) is 5. The number of hydrogen-bond acceptors (Lipinski definition) is 5. The molecule has 0 N–H and O–H groups in total. The van der Waals surface area contributed by atoms with Crippen molar-refractivity contribution in [2.45, 2.75) is 0 Å². The highest BCUT2D eigenvalue weighted by Crippen LogP contribution is 2.52. The minimum absolute atomic E-state index is 0.0313. The summed E-state index contributed by atoms with van der Waals surface area (Å²) in [6.07, 6.45) is 21.0. The summed E-state index contributed by atoms with van der Waals surface area (Å²) in [5, 5.41) is 1.14. The Morgan fingerprint density at radius 2 is 0.822 bits per heavy atom. The summed E-state index contributed by atoms with van der Waals surface area (Å²) in [6.45, 7) is -0.0626. The van der Waals surface area contributed by atoms with Gasteiger partial charge in [0.15, 0.2) is 23.0 Å². The van der Waals surface area contributed by atoms with Crippen LogP contribution in [0.15, 0.2) is 24.3 Å². The number of benzene rings is 2. The van der Waals surface area contributed by atoms with E-state index in [0.29, 0.717) is 33.6 Å². The molecule has 2 heterocycles. The molecule has 45 heavy (non-hydrogen) atoms. The van der Waals surface area contributed by atoms with Crippen LogP contribution in [0.2, 0.25) is 0 Å². The van der Waals surface area contributed by atoms with Gasteiger partial charge >= 0.3 is 0 Å². The van der Waals surface area contributed by atoms with Crippen molar-refractivity contribution >= 4 is 26.5 Å². The smallest absolute Gasteiger partial charge is 0.231 e. The Kier molecular flexibility index (Phi) is 11.3. The predicted molar refractivity (Wildman–Crippen MR) is 176 cm³/mol. The summed E-state index contributed by atoms with van der Waals surface area (Å²) in [5.41, 5.74) is 12.2. The van der Waals surface area contributed by atoms with Gasteiger partial charge in [0.2, 0.25) is 25.1 Å². The van der Waals surface area contributed by atoms with E-state index < -0.39 is 15.8 Å². The van der Waals surface area contributed by atoms with Crippen LogP contribution in [0.25, 0.3) is 0 Å². The van der Waals surface area contributed by atoms with E-state index in [9.17, 15) is 0 Å². The molecule has 0 unspecified atom stereocenters. The standard InChI is InChI=1S/C38H12O5P2/c1-5-9-13-17-25-44(26-18-14-10-6-2)33-23-21-31-35(41-29-39-31)37(33)43-38-34(24-22-32-36(38)42-30-40-32)45(27-19-15-11-7-3)28-20-16-12-8-4/h1-4,21-24H,29-30H2. The van der Waals surface area contributed by atoms with Gasteiger partial charge in [-0.3, -0.25) is 0 Å². The number of rotatable bonds is 4. The van der Waals surface area contributed by atoms with Crippen molar-refractivity contribution in [3.05, 3.63) is 24.3 Å². The van der Waals surface area contributed by atoms with E-state index in [-0.39, 0.29) is 25.1 Å². The van der Waals surface area contributed by atoms with E-state index in [1.165, 1.54) is 0 Å². The Morgan fingerprint density at radius 1 is 0.467 bits per heavy atom. The molecule has 2 aliphatic heterocycles. The molecule has 0 spiro atoms. The Bertz CT molecular complexity index is 2000. The van der Waals surface area contributed by atoms with Crippen molar-refractivity contribution in [2.75, 3.05) is 13.6 Å². The van der Waals surface area contributed by atoms with Crippen molar-refractivity contribution in [1.82, 2.24) is 0 Å². The van der Waals surface area contributed by atoms with Gasteiger partial charge in [0.25, 0.3) is 0 Å². The van der Waals surface area contributed by atoms with Crippen LogP contribution in [0.4, 0.5) is 0 Å². The lowest BCUT2D eigenvalue weighted by Crippen LogP contribution is -2.10. The molecule has 0 saturated carbocycles. The first-order valence-corrected chi connectivity index (χ1v) is 14.9. The van der Waals surface area contributed by atoms with Crippen LogP contribution in [0.1, 0.15) is 0 Å². The van der Waals surface area contributed by atoms with Gasteiger partial charge in [-0.05, 0) is 142 Å². The first-order valence-electron chi connectivity index (χ1n) is 12.2. The molecule has 0 amide bonds. The second-order valence-electron chi connectivity index (χ2n) is 7.59. The quantitative estimate of drug-likeness (QED) is 0.392. The lowest BCUT2D eigenvalue weighted by molar-refractivity contribution is 0.169. The molecule has 0 aliphatic carbocycles. The lowest BCUT2D eigenvalue weighted by atomic mass is 10.2. The molecule has 0 fully saturated rings. The van der Waals surface area contributed by atoms with E-state index in [1.54, 1.807) is 24.3 Å². The minimum atomic E-state index is -1.59. The minimum Gasteiger partial charge on any atom is -0.453 e. The summed E-state index contributed by atoms with van der Waals surface area (Å²) >= 11 is 0. The molecule has 0 atom stereocenters. The molecule has 5 nitrogen and oxygen atoms in total. The summed E-state index contributed by atoms with van der Waals surface area (Å²) in [6, 6.07) is 7.01. The molecule has 0 radical (unpaired) electrons. The zero-order valence-corrected chi connectivity index (χ0v) is 24.8. The van der Waals surface area contributed by atoms with E-state index in [1.807, 2.05) is 0 Å². The fraction of sp³-hybridized carbons (Fsp3) is 0.0526. The van der Waals surface area contributed by atoms with Crippen LogP contribution in [-0.2, 0) is 0 Å². The SMILES string of the molecule is C#CC#CC#CP(C#CC#CC#C)c1ccc2c(c1Oc1c(P(C#CC#CC#C)C#CC#CC#C)ccc3c1OCO3)OCO2. The first kappa shape index (κ1) is 31.0. The van der Waals surface area contributed by atoms with Gasteiger partial charge in [-0.1, -0.05) is 0 Å². The van der Waals surface area contributed by atoms with Crippen molar-refractivity contribution in [3.8, 4) is 178 Å². The van der Waals surface area contributed by atoms with Crippen LogP contribution in [0.5, 0.6) is 34.5 Å². The van der Waals surface area contributed by atoms with Crippen LogP contribution in [-0.4, -0.2) is 13.6 Å². The fourth-order valence-electron chi connectivity index (χ4n) is 3.43. The molecule has 2 aromatic carbocycles. The highest BCUT2D eigenvalue weighted by molar-refractivity contribution is 7.75. The summed E-state index contributed by atoms with van der Waals surface area (Å²) < 4.78 is 29.7. The third kappa shape index (κ3) is 8.07. The maximum absolute atomic E-state index is 6.68. The molecule has 7 heteroatoms. The number of hydrogen-bond donors (Lipinski definition) is 0. The van der Waals surface area contributed by atoms with Gasteiger partial charge in [0.1, 0.15) is 0 Å². The van der Waals surface area contributed by atoms with Crippen molar-refractivity contribution in [1.29, 1.82) is 0 Å². The Balaban J connectivity index is 1.95. The Hall–Kier alpha value is -6.98. The maximum atomic E-state index is 6.68. The van der Waals surface area contributed by atoms with Crippen molar-refractivity contribution < 1.29 is 23.7 Å². The van der Waals surface area contributed by atoms with Crippen LogP contribution < -0.4 is 34.3 Å². The topological polar surface area (TPSA) is 46.2 Å². The fourth-order valence-corrected chi connectivity index (χ4v) is 5.84. The van der Waals surface area contributed by atoms with Crippen LogP contribution in [0.3, 0.4) is 0 Å². The zero-order chi connectivity index (χ0) is 31.7. The number of terminal acetylenes is 4. The second kappa shape index (κ2) is 16.5. The molecule has 0 aromatic heterocycles. The predicted octanol–water partition coefficient (Wildman–Crippen LogP) is 3.54. The van der Waals surface area contributed by atoms with E-state index >= 15 is 0 Å². The lowest BCUT2D eigenvalue weighted by Gasteiger charge is -2.18. The maximum Gasteiger partial charge on any atom is 0.231 e. The normalized spacial score (nSPS) is 9.64. The van der Waals surface area contributed by atoms with Crippen LogP contribution >= 0.6 is 15.8 Å². The first-order chi connectivity index (χ1) is 22.2.